The van der Waals surface area contributed by atoms with Crippen LogP contribution in [0.4, 0.5) is 0 Å². The van der Waals surface area contributed by atoms with Gasteiger partial charge in [0.15, 0.2) is 0 Å². The molecule has 2 aliphatic rings. The number of nitrogens with zero attached hydrogens (tertiary/aromatic N) is 2. The standard InChI is InChI=1S/C14H27N3O/c1-3-14(5-7-15-8-6-14)13(18)17-11-9-16(4-2)10-12-17/h15H,3-12H2,1-2H3. The molecule has 2 heterocycles. The molecule has 0 spiro atoms. The number of piperazine rings is 1. The summed E-state index contributed by atoms with van der Waals surface area (Å²) in [5.41, 5.74) is -0.0698. The van der Waals surface area contributed by atoms with Crippen molar-refractivity contribution in [1.29, 1.82) is 0 Å². The molecule has 0 aromatic rings. The number of nitrogens with one attached hydrogen (secondary N) is 1. The average molecular weight is 253 g/mol. The zero-order valence-corrected chi connectivity index (χ0v) is 11.9. The lowest BCUT2D eigenvalue weighted by atomic mass is 9.75. The topological polar surface area (TPSA) is 35.6 Å². The van der Waals surface area contributed by atoms with Gasteiger partial charge in [0.25, 0.3) is 0 Å². The molecule has 104 valence electrons. The highest BCUT2D eigenvalue weighted by atomic mass is 16.2. The molecule has 4 heteroatoms. The van der Waals surface area contributed by atoms with Gasteiger partial charge in [0, 0.05) is 26.2 Å². The third-order valence-corrected chi connectivity index (χ3v) is 4.80. The molecule has 0 unspecified atom stereocenters. The Kier molecular flexibility index (Phi) is 4.62. The van der Waals surface area contributed by atoms with E-state index in [1.54, 1.807) is 0 Å². The smallest absolute Gasteiger partial charge is 0.228 e. The molecule has 0 bridgehead atoms. The van der Waals surface area contributed by atoms with Gasteiger partial charge in [-0.1, -0.05) is 13.8 Å². The molecule has 0 saturated carbocycles. The number of amides is 1. The summed E-state index contributed by atoms with van der Waals surface area (Å²) in [5, 5.41) is 3.37. The minimum Gasteiger partial charge on any atom is -0.340 e. The summed E-state index contributed by atoms with van der Waals surface area (Å²) in [5.74, 6) is 0.419. The number of piperidine rings is 1. The van der Waals surface area contributed by atoms with E-state index in [1.165, 1.54) is 0 Å². The van der Waals surface area contributed by atoms with Crippen LogP contribution in [0, 0.1) is 5.41 Å². The highest BCUT2D eigenvalue weighted by Crippen LogP contribution is 2.34. The van der Waals surface area contributed by atoms with Crippen LogP contribution in [0.1, 0.15) is 33.1 Å². The molecule has 2 saturated heterocycles. The molecule has 0 atom stereocenters. The van der Waals surface area contributed by atoms with Crippen molar-refractivity contribution in [3.8, 4) is 0 Å². The van der Waals surface area contributed by atoms with Crippen LogP contribution in [0.5, 0.6) is 0 Å². The van der Waals surface area contributed by atoms with Crippen LogP contribution in [-0.2, 0) is 4.79 Å². The Morgan fingerprint density at radius 3 is 2.22 bits per heavy atom. The number of hydrogen-bond donors (Lipinski definition) is 1. The normalized spacial score (nSPS) is 25.1. The summed E-state index contributed by atoms with van der Waals surface area (Å²) >= 11 is 0. The SMILES string of the molecule is CCN1CCN(C(=O)C2(CC)CCNCC2)CC1. The van der Waals surface area contributed by atoms with Crippen molar-refractivity contribution >= 4 is 5.91 Å². The van der Waals surface area contributed by atoms with Crippen molar-refractivity contribution in [2.75, 3.05) is 45.8 Å². The lowest BCUT2D eigenvalue weighted by molar-refractivity contribution is -0.146. The van der Waals surface area contributed by atoms with Crippen LogP contribution < -0.4 is 5.32 Å². The number of rotatable bonds is 3. The summed E-state index contributed by atoms with van der Waals surface area (Å²) in [4.78, 5) is 17.3. The third kappa shape index (κ3) is 2.69. The minimum absolute atomic E-state index is 0.0698. The van der Waals surface area contributed by atoms with E-state index < -0.39 is 0 Å². The molecule has 18 heavy (non-hydrogen) atoms. The second-order valence-electron chi connectivity index (χ2n) is 5.61. The molecule has 0 radical (unpaired) electrons. The van der Waals surface area contributed by atoms with Gasteiger partial charge in [0.2, 0.25) is 5.91 Å². The van der Waals surface area contributed by atoms with E-state index in [0.717, 1.165) is 65.1 Å². The van der Waals surface area contributed by atoms with Gasteiger partial charge < -0.3 is 15.1 Å². The van der Waals surface area contributed by atoms with Gasteiger partial charge in [-0.25, -0.2) is 0 Å². The fraction of sp³-hybridized carbons (Fsp3) is 0.929. The summed E-state index contributed by atoms with van der Waals surface area (Å²) < 4.78 is 0. The van der Waals surface area contributed by atoms with Gasteiger partial charge in [0.05, 0.1) is 5.41 Å². The highest BCUT2D eigenvalue weighted by molar-refractivity contribution is 5.83. The van der Waals surface area contributed by atoms with E-state index in [-0.39, 0.29) is 5.41 Å². The molecule has 2 aliphatic heterocycles. The minimum atomic E-state index is -0.0698. The lowest BCUT2D eigenvalue weighted by Crippen LogP contribution is -2.55. The number of carbonyl (C=O) groups excluding carboxylic acids is 1. The molecule has 1 amide bonds. The van der Waals surface area contributed by atoms with E-state index in [1.807, 2.05) is 0 Å². The quantitative estimate of drug-likeness (QED) is 0.813. The molecule has 0 aliphatic carbocycles. The first-order chi connectivity index (χ1) is 8.72. The molecular formula is C14H27N3O. The predicted molar refractivity (Wildman–Crippen MR) is 73.5 cm³/mol. The summed E-state index contributed by atoms with van der Waals surface area (Å²) in [6, 6.07) is 0. The fourth-order valence-corrected chi connectivity index (χ4v) is 3.23. The van der Waals surface area contributed by atoms with Crippen molar-refractivity contribution in [2.24, 2.45) is 5.41 Å². The van der Waals surface area contributed by atoms with Crippen LogP contribution in [0.25, 0.3) is 0 Å². The molecular weight excluding hydrogens is 226 g/mol. The van der Waals surface area contributed by atoms with Gasteiger partial charge in [0.1, 0.15) is 0 Å². The Balaban J connectivity index is 1.97. The van der Waals surface area contributed by atoms with Crippen LogP contribution in [0.3, 0.4) is 0 Å². The first kappa shape index (κ1) is 13.8. The van der Waals surface area contributed by atoms with Crippen molar-refractivity contribution in [2.45, 2.75) is 33.1 Å². The second-order valence-corrected chi connectivity index (χ2v) is 5.61. The first-order valence-corrected chi connectivity index (χ1v) is 7.44. The van der Waals surface area contributed by atoms with Crippen LogP contribution in [0.2, 0.25) is 0 Å². The van der Waals surface area contributed by atoms with Gasteiger partial charge in [-0.05, 0) is 38.9 Å². The van der Waals surface area contributed by atoms with Gasteiger partial charge in [-0.3, -0.25) is 4.79 Å². The van der Waals surface area contributed by atoms with Crippen LogP contribution in [0.15, 0.2) is 0 Å². The zero-order valence-electron chi connectivity index (χ0n) is 11.9. The van der Waals surface area contributed by atoms with E-state index in [0.29, 0.717) is 5.91 Å². The molecule has 0 aromatic heterocycles. The molecule has 2 rings (SSSR count). The summed E-state index contributed by atoms with van der Waals surface area (Å²) in [6.07, 6.45) is 3.01. The fourth-order valence-electron chi connectivity index (χ4n) is 3.23. The second kappa shape index (κ2) is 6.02. The lowest BCUT2D eigenvalue weighted by Gasteiger charge is -2.42. The maximum Gasteiger partial charge on any atom is 0.228 e. The van der Waals surface area contributed by atoms with Gasteiger partial charge in [-0.2, -0.15) is 0 Å². The predicted octanol–water partition coefficient (Wildman–Crippen LogP) is 0.930. The maximum atomic E-state index is 12.8. The third-order valence-electron chi connectivity index (χ3n) is 4.80. The van der Waals surface area contributed by atoms with Crippen LogP contribution >= 0.6 is 0 Å². The van der Waals surface area contributed by atoms with Gasteiger partial charge in [-0.15, -0.1) is 0 Å². The monoisotopic (exact) mass is 253 g/mol. The van der Waals surface area contributed by atoms with Crippen molar-refractivity contribution in [1.82, 2.24) is 15.1 Å². The Labute approximate surface area is 111 Å². The Bertz CT molecular complexity index is 279. The molecule has 1 N–H and O–H groups in total. The Hall–Kier alpha value is -0.610. The number of carbonyl (C=O) groups is 1. The van der Waals surface area contributed by atoms with Crippen molar-refractivity contribution in [3.63, 3.8) is 0 Å². The van der Waals surface area contributed by atoms with Crippen molar-refractivity contribution < 1.29 is 4.79 Å². The average Bonchev–Trinajstić information content (AvgIpc) is 2.47. The van der Waals surface area contributed by atoms with E-state index >= 15 is 0 Å². The van der Waals surface area contributed by atoms with Crippen molar-refractivity contribution in [3.05, 3.63) is 0 Å². The van der Waals surface area contributed by atoms with Crippen LogP contribution in [-0.4, -0.2) is 61.5 Å². The number of likely N-dealkylation sites (N-methyl/N-ethyl adjacent to an activating group) is 1. The van der Waals surface area contributed by atoms with E-state index in [9.17, 15) is 4.79 Å². The summed E-state index contributed by atoms with van der Waals surface area (Å²) in [7, 11) is 0. The maximum absolute atomic E-state index is 12.8. The van der Waals surface area contributed by atoms with E-state index in [2.05, 4.69) is 29.0 Å². The Morgan fingerprint density at radius 2 is 1.72 bits per heavy atom. The molecule has 2 fully saturated rings. The first-order valence-electron chi connectivity index (χ1n) is 7.44. The molecule has 0 aromatic carbocycles. The largest absolute Gasteiger partial charge is 0.340 e. The highest BCUT2D eigenvalue weighted by Gasteiger charge is 2.40. The number of hydrogen-bond acceptors (Lipinski definition) is 3. The van der Waals surface area contributed by atoms with E-state index in [4.69, 9.17) is 0 Å². The molecule has 4 nitrogen and oxygen atoms in total. The van der Waals surface area contributed by atoms with Gasteiger partial charge >= 0.3 is 0 Å². The summed E-state index contributed by atoms with van der Waals surface area (Å²) in [6.45, 7) is 11.4. The Morgan fingerprint density at radius 1 is 1.11 bits per heavy atom. The zero-order chi connectivity index (χ0) is 13.0.